The largest absolute Gasteiger partial charge is 0.497 e. The first-order chi connectivity index (χ1) is 14.6. The Balaban J connectivity index is 1.49. The number of rotatable bonds is 7. The molecule has 2 aromatic carbocycles. The average molecular weight is 425 g/mol. The number of hydrogen-bond acceptors (Lipinski definition) is 8. The summed E-state index contributed by atoms with van der Waals surface area (Å²) in [5.41, 5.74) is 1.36. The zero-order valence-corrected chi connectivity index (χ0v) is 17.4. The number of aryl methyl sites for hydroxylation is 1. The average Bonchev–Trinajstić information content (AvgIpc) is 3.34. The van der Waals surface area contributed by atoms with Gasteiger partial charge in [-0.15, -0.1) is 10.2 Å². The van der Waals surface area contributed by atoms with Crippen molar-refractivity contribution < 1.29 is 19.0 Å². The summed E-state index contributed by atoms with van der Waals surface area (Å²) in [6.45, 7) is 1.70. The lowest BCUT2D eigenvalue weighted by molar-refractivity contribution is -0.118. The zero-order chi connectivity index (χ0) is 21.1. The summed E-state index contributed by atoms with van der Waals surface area (Å²) in [5, 5.41) is 16.2. The quantitative estimate of drug-likeness (QED) is 0.485. The predicted molar refractivity (Wildman–Crippen MR) is 113 cm³/mol. The third-order valence-corrected chi connectivity index (χ3v) is 5.24. The highest BCUT2D eigenvalue weighted by Crippen LogP contribution is 2.32. The summed E-state index contributed by atoms with van der Waals surface area (Å²) in [5.74, 6) is 2.23. The number of anilines is 1. The summed E-state index contributed by atoms with van der Waals surface area (Å²) in [6, 6.07) is 12.5. The molecule has 2 heterocycles. The highest BCUT2D eigenvalue weighted by atomic mass is 32.1. The van der Waals surface area contributed by atoms with Crippen LogP contribution >= 0.6 is 11.3 Å². The van der Waals surface area contributed by atoms with Crippen molar-refractivity contribution in [2.75, 3.05) is 26.1 Å². The summed E-state index contributed by atoms with van der Waals surface area (Å²) < 4.78 is 17.7. The second-order valence-corrected chi connectivity index (χ2v) is 7.23. The molecule has 0 fully saturated rings. The van der Waals surface area contributed by atoms with Crippen molar-refractivity contribution in [3.8, 4) is 27.8 Å². The van der Waals surface area contributed by atoms with Crippen molar-refractivity contribution >= 4 is 27.9 Å². The number of methoxy groups -OCH3 is 2. The Hall–Kier alpha value is -3.66. The first-order valence-electron chi connectivity index (χ1n) is 9.01. The van der Waals surface area contributed by atoms with E-state index in [1.165, 1.54) is 11.3 Å². The minimum atomic E-state index is -0.310. The predicted octanol–water partition coefficient (Wildman–Crippen LogP) is 3.20. The molecule has 0 aliphatic heterocycles. The third-order valence-electron chi connectivity index (χ3n) is 4.30. The van der Waals surface area contributed by atoms with Gasteiger partial charge in [-0.2, -0.15) is 9.61 Å². The maximum Gasteiger partial charge on any atom is 0.262 e. The van der Waals surface area contributed by atoms with E-state index in [0.717, 1.165) is 10.6 Å². The molecule has 0 aliphatic carbocycles. The van der Waals surface area contributed by atoms with Gasteiger partial charge in [0, 0.05) is 5.56 Å². The fraction of sp³-hybridized carbons (Fsp3) is 0.200. The van der Waals surface area contributed by atoms with Gasteiger partial charge in [0.25, 0.3) is 5.91 Å². The molecule has 10 heteroatoms. The van der Waals surface area contributed by atoms with Crippen LogP contribution in [0.25, 0.3) is 15.5 Å². The molecule has 0 atom stereocenters. The Bertz CT molecular complexity index is 1190. The monoisotopic (exact) mass is 425 g/mol. The number of carbonyl (C=O) groups excluding carboxylic acids is 1. The Morgan fingerprint density at radius 2 is 1.83 bits per heavy atom. The molecule has 4 aromatic rings. The van der Waals surface area contributed by atoms with Gasteiger partial charge in [0.2, 0.25) is 4.96 Å². The first kappa shape index (κ1) is 19.6. The number of ether oxygens (including phenoxy) is 3. The summed E-state index contributed by atoms with van der Waals surface area (Å²) in [4.78, 5) is 13.1. The van der Waals surface area contributed by atoms with Crippen LogP contribution in [0.5, 0.6) is 17.2 Å². The highest BCUT2D eigenvalue weighted by molar-refractivity contribution is 7.19. The Kier molecular flexibility index (Phi) is 5.48. The molecule has 154 valence electrons. The fourth-order valence-electron chi connectivity index (χ4n) is 2.78. The molecule has 0 radical (unpaired) electrons. The molecular formula is C20H19N5O4S. The maximum atomic E-state index is 12.4. The van der Waals surface area contributed by atoms with Crippen molar-refractivity contribution in [3.05, 3.63) is 48.3 Å². The number of carbonyl (C=O) groups is 1. The molecule has 0 bridgehead atoms. The van der Waals surface area contributed by atoms with Crippen LogP contribution < -0.4 is 19.5 Å². The number of nitrogens with zero attached hydrogens (tertiary/aromatic N) is 4. The van der Waals surface area contributed by atoms with Gasteiger partial charge < -0.3 is 19.5 Å². The molecular weight excluding hydrogens is 406 g/mol. The van der Waals surface area contributed by atoms with Gasteiger partial charge in [0.15, 0.2) is 12.4 Å². The van der Waals surface area contributed by atoms with Crippen LogP contribution in [0, 0.1) is 6.92 Å². The highest BCUT2D eigenvalue weighted by Gasteiger charge is 2.14. The van der Waals surface area contributed by atoms with Gasteiger partial charge >= 0.3 is 0 Å². The van der Waals surface area contributed by atoms with Gasteiger partial charge in [-0.25, -0.2) is 0 Å². The minimum Gasteiger partial charge on any atom is -0.497 e. The number of benzene rings is 2. The lowest BCUT2D eigenvalue weighted by atomic mass is 10.2. The van der Waals surface area contributed by atoms with E-state index in [-0.39, 0.29) is 12.5 Å². The van der Waals surface area contributed by atoms with Gasteiger partial charge in [-0.1, -0.05) is 11.3 Å². The molecule has 1 N–H and O–H groups in total. The lowest BCUT2D eigenvalue weighted by Crippen LogP contribution is -2.20. The van der Waals surface area contributed by atoms with Crippen LogP contribution in [-0.2, 0) is 4.79 Å². The van der Waals surface area contributed by atoms with Gasteiger partial charge in [0.05, 0.1) is 19.9 Å². The molecule has 4 rings (SSSR count). The van der Waals surface area contributed by atoms with E-state index >= 15 is 0 Å². The molecule has 0 saturated heterocycles. The van der Waals surface area contributed by atoms with E-state index in [4.69, 9.17) is 14.2 Å². The fourth-order valence-corrected chi connectivity index (χ4v) is 3.66. The molecule has 0 unspecified atom stereocenters. The second kappa shape index (κ2) is 8.37. The standard InChI is InChI=1S/C20H19N5O4S/c1-12-22-23-20-25(12)24-19(30-20)13-4-9-17(28-3)16(10-13)21-18(26)11-29-15-7-5-14(27-2)6-8-15/h4-10H,11H2,1-3H3,(H,21,26). The number of fused-ring (bicyclic) bond motifs is 1. The van der Waals surface area contributed by atoms with Crippen molar-refractivity contribution in [1.82, 2.24) is 19.8 Å². The van der Waals surface area contributed by atoms with Crippen LogP contribution in [-0.4, -0.2) is 46.5 Å². The van der Waals surface area contributed by atoms with Crippen LogP contribution in [0.4, 0.5) is 5.69 Å². The number of nitrogens with one attached hydrogen (secondary N) is 1. The van der Waals surface area contributed by atoms with Crippen molar-refractivity contribution in [1.29, 1.82) is 0 Å². The van der Waals surface area contributed by atoms with Gasteiger partial charge in [-0.05, 0) is 49.4 Å². The van der Waals surface area contributed by atoms with Crippen LogP contribution in [0.2, 0.25) is 0 Å². The first-order valence-corrected chi connectivity index (χ1v) is 9.83. The minimum absolute atomic E-state index is 0.143. The van der Waals surface area contributed by atoms with Gasteiger partial charge in [0.1, 0.15) is 22.3 Å². The smallest absolute Gasteiger partial charge is 0.262 e. The summed E-state index contributed by atoms with van der Waals surface area (Å²) in [7, 11) is 3.14. The molecule has 9 nitrogen and oxygen atoms in total. The van der Waals surface area contributed by atoms with E-state index < -0.39 is 0 Å². The Labute approximate surface area is 176 Å². The van der Waals surface area contributed by atoms with Crippen molar-refractivity contribution in [2.24, 2.45) is 0 Å². The van der Waals surface area contributed by atoms with E-state index in [2.05, 4.69) is 20.6 Å². The number of aromatic nitrogens is 4. The van der Waals surface area contributed by atoms with Crippen LogP contribution in [0.3, 0.4) is 0 Å². The van der Waals surface area contributed by atoms with Crippen molar-refractivity contribution in [2.45, 2.75) is 6.92 Å². The number of amides is 1. The van der Waals surface area contributed by atoms with Crippen LogP contribution in [0.1, 0.15) is 5.82 Å². The second-order valence-electron chi connectivity index (χ2n) is 6.28. The Morgan fingerprint density at radius 1 is 1.07 bits per heavy atom. The van der Waals surface area contributed by atoms with E-state index in [1.807, 2.05) is 19.1 Å². The number of hydrogen-bond donors (Lipinski definition) is 1. The van der Waals surface area contributed by atoms with E-state index in [1.54, 1.807) is 49.1 Å². The summed E-state index contributed by atoms with van der Waals surface area (Å²) in [6.07, 6.45) is 0. The lowest BCUT2D eigenvalue weighted by Gasteiger charge is -2.12. The molecule has 30 heavy (non-hydrogen) atoms. The molecule has 1 amide bonds. The van der Waals surface area contributed by atoms with Crippen LogP contribution in [0.15, 0.2) is 42.5 Å². The SMILES string of the molecule is COc1ccc(OCC(=O)Nc2cc(-c3nn4c(C)nnc4s3)ccc2OC)cc1. The van der Waals surface area contributed by atoms with E-state index in [0.29, 0.717) is 33.7 Å². The molecule has 0 aliphatic rings. The third kappa shape index (κ3) is 4.03. The van der Waals surface area contributed by atoms with E-state index in [9.17, 15) is 4.79 Å². The summed E-state index contributed by atoms with van der Waals surface area (Å²) >= 11 is 1.41. The zero-order valence-electron chi connectivity index (χ0n) is 16.6. The van der Waals surface area contributed by atoms with Gasteiger partial charge in [-0.3, -0.25) is 4.79 Å². The molecule has 2 aromatic heterocycles. The topological polar surface area (TPSA) is 99.9 Å². The Morgan fingerprint density at radius 3 is 2.53 bits per heavy atom. The normalized spacial score (nSPS) is 10.8. The molecule has 0 saturated carbocycles. The maximum absolute atomic E-state index is 12.4. The van der Waals surface area contributed by atoms with Crippen molar-refractivity contribution in [3.63, 3.8) is 0 Å². The molecule has 0 spiro atoms.